The molecule has 0 unspecified atom stereocenters. The van der Waals surface area contributed by atoms with Crippen LogP contribution in [0.4, 0.5) is 5.13 Å². The van der Waals surface area contributed by atoms with Crippen LogP contribution in [-0.4, -0.2) is 39.3 Å². The van der Waals surface area contributed by atoms with Gasteiger partial charge in [-0.05, 0) is 45.0 Å². The number of anilines is 1. The highest BCUT2D eigenvalue weighted by Crippen LogP contribution is 2.39. The summed E-state index contributed by atoms with van der Waals surface area (Å²) in [5.41, 5.74) is 0.845. The third kappa shape index (κ3) is 3.75. The zero-order chi connectivity index (χ0) is 18.0. The molecule has 0 aliphatic carbocycles. The van der Waals surface area contributed by atoms with Crippen LogP contribution >= 0.6 is 34.4 Å². The summed E-state index contributed by atoms with van der Waals surface area (Å²) in [6.07, 6.45) is 0. The lowest BCUT2D eigenvalue weighted by Gasteiger charge is -2.03. The lowest BCUT2D eigenvalue weighted by molar-refractivity contribution is 0.0531. The third-order valence-electron chi connectivity index (χ3n) is 3.25. The number of aryl methyl sites for hydroxylation is 2. The first kappa shape index (κ1) is 18.0. The smallest absolute Gasteiger partial charge is 0.348 e. The van der Waals surface area contributed by atoms with E-state index >= 15 is 0 Å². The van der Waals surface area contributed by atoms with E-state index in [1.807, 2.05) is 20.8 Å². The zero-order valence-corrected chi connectivity index (χ0v) is 16.7. The largest absolute Gasteiger partial charge is 0.462 e. The molecular weight excluding hydrogens is 378 g/mol. The van der Waals surface area contributed by atoms with Crippen LogP contribution in [0, 0.1) is 13.8 Å². The van der Waals surface area contributed by atoms with Crippen molar-refractivity contribution >= 4 is 55.8 Å². The molecule has 0 aliphatic rings. The molecule has 0 bridgehead atoms. The van der Waals surface area contributed by atoms with Crippen molar-refractivity contribution in [1.29, 1.82) is 0 Å². The first-order valence-corrected chi connectivity index (χ1v) is 10.2. The van der Waals surface area contributed by atoms with E-state index in [0.29, 0.717) is 17.3 Å². The van der Waals surface area contributed by atoms with Crippen molar-refractivity contribution < 1.29 is 9.53 Å². The van der Waals surface area contributed by atoms with E-state index in [9.17, 15) is 4.79 Å². The van der Waals surface area contributed by atoms with Crippen LogP contribution in [0.2, 0.25) is 0 Å². The monoisotopic (exact) mass is 395 g/mol. The van der Waals surface area contributed by atoms with Gasteiger partial charge in [0, 0.05) is 11.9 Å². The number of carbonyl (C=O) groups excluding carboxylic acids is 1. The van der Waals surface area contributed by atoms with Crippen molar-refractivity contribution in [2.45, 2.75) is 37.1 Å². The molecule has 0 saturated carbocycles. The summed E-state index contributed by atoms with van der Waals surface area (Å²) in [5, 5.41) is 13.9. The molecule has 0 amide bonds. The number of thiophene rings is 1. The van der Waals surface area contributed by atoms with E-state index in [0.717, 1.165) is 36.8 Å². The van der Waals surface area contributed by atoms with Crippen molar-refractivity contribution in [3.8, 4) is 0 Å². The minimum Gasteiger partial charge on any atom is -0.462 e. The van der Waals surface area contributed by atoms with Gasteiger partial charge in [-0.2, -0.15) is 0 Å². The van der Waals surface area contributed by atoms with E-state index in [2.05, 4.69) is 25.5 Å². The van der Waals surface area contributed by atoms with Gasteiger partial charge in [-0.25, -0.2) is 14.8 Å². The molecule has 1 N–H and O–H groups in total. The molecule has 3 aromatic rings. The molecule has 0 atom stereocenters. The fourth-order valence-electron chi connectivity index (χ4n) is 2.23. The highest BCUT2D eigenvalue weighted by atomic mass is 32.2. The normalized spacial score (nSPS) is 11.0. The van der Waals surface area contributed by atoms with E-state index in [1.54, 1.807) is 6.92 Å². The second-order valence-corrected chi connectivity index (χ2v) is 8.25. The van der Waals surface area contributed by atoms with Crippen molar-refractivity contribution in [2.24, 2.45) is 0 Å². The van der Waals surface area contributed by atoms with E-state index in [1.165, 1.54) is 34.4 Å². The summed E-state index contributed by atoms with van der Waals surface area (Å²) in [4.78, 5) is 22.6. The number of hydrogen-bond donors (Lipinski definition) is 1. The second-order valence-electron chi connectivity index (χ2n) is 5.04. The molecule has 3 rings (SSSR count). The molecule has 3 aromatic heterocycles. The zero-order valence-electron chi connectivity index (χ0n) is 14.2. The van der Waals surface area contributed by atoms with Crippen LogP contribution in [0.5, 0.6) is 0 Å². The molecule has 10 heteroatoms. The molecule has 25 heavy (non-hydrogen) atoms. The average molecular weight is 396 g/mol. The first-order valence-electron chi connectivity index (χ1n) is 7.73. The predicted octanol–water partition coefficient (Wildman–Crippen LogP) is 3.92. The minimum absolute atomic E-state index is 0.318. The average Bonchev–Trinajstić information content (AvgIpc) is 3.12. The van der Waals surface area contributed by atoms with E-state index < -0.39 is 0 Å². The van der Waals surface area contributed by atoms with Crippen molar-refractivity contribution in [2.75, 3.05) is 18.5 Å². The van der Waals surface area contributed by atoms with Gasteiger partial charge < -0.3 is 10.1 Å². The fourth-order valence-corrected chi connectivity index (χ4v) is 5.37. The van der Waals surface area contributed by atoms with Gasteiger partial charge in [0.1, 0.15) is 20.6 Å². The number of rotatable bonds is 6. The van der Waals surface area contributed by atoms with E-state index in [-0.39, 0.29) is 5.97 Å². The van der Waals surface area contributed by atoms with Crippen LogP contribution < -0.4 is 5.32 Å². The Kier molecular flexibility index (Phi) is 5.50. The maximum absolute atomic E-state index is 12.2. The molecule has 0 fully saturated rings. The van der Waals surface area contributed by atoms with Gasteiger partial charge in [0.15, 0.2) is 4.34 Å². The lowest BCUT2D eigenvalue weighted by atomic mass is 10.2. The third-order valence-corrected chi connectivity index (χ3v) is 6.33. The fraction of sp³-hybridized carbons (Fsp3) is 0.400. The van der Waals surface area contributed by atoms with Crippen LogP contribution in [-0.2, 0) is 4.74 Å². The maximum Gasteiger partial charge on any atom is 0.348 e. The SMILES string of the molecule is CCNc1nnc(Sc2nc(C)nc3sc(C(=O)OCC)c(C)c23)s1. The Bertz CT molecular complexity index is 921. The maximum atomic E-state index is 12.2. The Morgan fingerprint density at radius 1 is 1.20 bits per heavy atom. The van der Waals surface area contributed by atoms with E-state index in [4.69, 9.17) is 4.74 Å². The molecule has 132 valence electrons. The van der Waals surface area contributed by atoms with Gasteiger partial charge in [0.25, 0.3) is 0 Å². The number of fused-ring (bicyclic) bond motifs is 1. The predicted molar refractivity (Wildman–Crippen MR) is 101 cm³/mol. The Labute approximate surface area is 157 Å². The van der Waals surface area contributed by atoms with Gasteiger partial charge in [-0.1, -0.05) is 11.3 Å². The number of aromatic nitrogens is 4. The van der Waals surface area contributed by atoms with Crippen molar-refractivity contribution in [3.63, 3.8) is 0 Å². The molecule has 0 spiro atoms. The van der Waals surface area contributed by atoms with Crippen molar-refractivity contribution in [1.82, 2.24) is 20.2 Å². The summed E-state index contributed by atoms with van der Waals surface area (Å²) in [7, 11) is 0. The summed E-state index contributed by atoms with van der Waals surface area (Å²) in [5.74, 6) is 0.338. The molecular formula is C15H17N5O2S3. The number of hydrogen-bond acceptors (Lipinski definition) is 10. The second kappa shape index (κ2) is 7.63. The highest BCUT2D eigenvalue weighted by molar-refractivity contribution is 8.01. The highest BCUT2D eigenvalue weighted by Gasteiger charge is 2.22. The van der Waals surface area contributed by atoms with Gasteiger partial charge in [-0.15, -0.1) is 21.5 Å². The standard InChI is InChI=1S/C15H17N5O2S3/c1-5-16-14-19-20-15(25-14)24-12-9-7(3)10(13(21)22-6-2)23-11(9)17-8(4)18-12/h5-6H2,1-4H3,(H,16,19). The molecule has 0 aromatic carbocycles. The number of esters is 1. The summed E-state index contributed by atoms with van der Waals surface area (Å²) >= 11 is 4.25. The Hall–Kier alpha value is -1.78. The number of ether oxygens (including phenoxy) is 1. The number of nitrogens with zero attached hydrogens (tertiary/aromatic N) is 4. The van der Waals surface area contributed by atoms with Crippen molar-refractivity contribution in [3.05, 3.63) is 16.3 Å². The van der Waals surface area contributed by atoms with Crippen LogP contribution in [0.15, 0.2) is 9.37 Å². The molecule has 0 radical (unpaired) electrons. The summed E-state index contributed by atoms with van der Waals surface area (Å²) < 4.78 is 5.94. The minimum atomic E-state index is -0.318. The number of carbonyl (C=O) groups is 1. The van der Waals surface area contributed by atoms with Crippen LogP contribution in [0.3, 0.4) is 0 Å². The molecule has 3 heterocycles. The first-order chi connectivity index (χ1) is 12.0. The topological polar surface area (TPSA) is 89.9 Å². The molecule has 0 aliphatic heterocycles. The van der Waals surface area contributed by atoms with Gasteiger partial charge in [-0.3, -0.25) is 0 Å². The molecule has 7 nitrogen and oxygen atoms in total. The summed E-state index contributed by atoms with van der Waals surface area (Å²) in [6.45, 7) is 8.69. The number of nitrogens with one attached hydrogen (secondary N) is 1. The Balaban J connectivity index is 2.03. The Morgan fingerprint density at radius 3 is 2.72 bits per heavy atom. The van der Waals surface area contributed by atoms with Crippen LogP contribution in [0.1, 0.15) is 34.9 Å². The Morgan fingerprint density at radius 2 is 2.00 bits per heavy atom. The lowest BCUT2D eigenvalue weighted by Crippen LogP contribution is -2.03. The van der Waals surface area contributed by atoms with Gasteiger partial charge in [0.2, 0.25) is 5.13 Å². The quantitative estimate of drug-likeness (QED) is 0.496. The van der Waals surface area contributed by atoms with Crippen LogP contribution in [0.25, 0.3) is 10.2 Å². The summed E-state index contributed by atoms with van der Waals surface area (Å²) in [6, 6.07) is 0. The van der Waals surface area contributed by atoms with Gasteiger partial charge >= 0.3 is 5.97 Å². The molecule has 0 saturated heterocycles. The van der Waals surface area contributed by atoms with Gasteiger partial charge in [0.05, 0.1) is 6.61 Å².